The van der Waals surface area contributed by atoms with Crippen LogP contribution in [0.5, 0.6) is 5.75 Å². The predicted octanol–water partition coefficient (Wildman–Crippen LogP) is 6.73. The number of halogens is 1. The molecule has 0 aliphatic rings. The van der Waals surface area contributed by atoms with Crippen LogP contribution in [0.4, 0.5) is 4.39 Å². The average molecular weight is 401 g/mol. The fourth-order valence-corrected chi connectivity index (χ4v) is 3.77. The van der Waals surface area contributed by atoms with Crippen LogP contribution in [0, 0.1) is 18.2 Å². The van der Waals surface area contributed by atoms with Crippen molar-refractivity contribution in [2.75, 3.05) is 6.61 Å². The van der Waals surface area contributed by atoms with E-state index >= 15 is 0 Å². The van der Waals surface area contributed by atoms with Crippen molar-refractivity contribution in [2.24, 2.45) is 0 Å². The molecule has 1 atom stereocenters. The van der Waals surface area contributed by atoms with Gasteiger partial charge < -0.3 is 4.74 Å². The van der Waals surface area contributed by atoms with Crippen LogP contribution >= 0.6 is 0 Å². The quantitative estimate of drug-likeness (QED) is 0.362. The fourth-order valence-electron chi connectivity index (χ4n) is 3.77. The maximum absolute atomic E-state index is 14.3. The number of aryl methyl sites for hydroxylation is 1. The highest BCUT2D eigenvalue weighted by atomic mass is 19.1. The van der Waals surface area contributed by atoms with E-state index in [4.69, 9.17) is 11.2 Å². The van der Waals surface area contributed by atoms with Gasteiger partial charge >= 0.3 is 0 Å². The van der Waals surface area contributed by atoms with Crippen LogP contribution in [0.3, 0.4) is 0 Å². The second-order valence-electron chi connectivity index (χ2n) is 7.88. The van der Waals surface area contributed by atoms with Gasteiger partial charge in [-0.2, -0.15) is 0 Å². The smallest absolute Gasteiger partial charge is 0.126 e. The third-order valence-corrected chi connectivity index (χ3v) is 5.61. The van der Waals surface area contributed by atoms with Gasteiger partial charge in [0.15, 0.2) is 0 Å². The Morgan fingerprint density at radius 2 is 1.70 bits per heavy atom. The summed E-state index contributed by atoms with van der Waals surface area (Å²) in [6, 6.07) is 23.5. The standard InChI is InChI=1S/C28H29FO/c1-4-28(3,25-14-16-26(17-15-25)30-5-2)19-9-12-23-13-18-27(29)24(21-23)20-22-10-7-6-8-11-22/h1,6-8,10-11,13-18,21H,5,9,12,19-20H2,2-3H3. The molecule has 3 rings (SSSR count). The molecule has 0 amide bonds. The van der Waals surface area contributed by atoms with Gasteiger partial charge in [0, 0.05) is 6.42 Å². The Kier molecular flexibility index (Phi) is 7.31. The molecule has 0 spiro atoms. The molecule has 0 aromatic heterocycles. The van der Waals surface area contributed by atoms with Crippen molar-refractivity contribution in [1.82, 2.24) is 0 Å². The van der Waals surface area contributed by atoms with E-state index < -0.39 is 0 Å². The van der Waals surface area contributed by atoms with Gasteiger partial charge in [0.05, 0.1) is 12.0 Å². The van der Waals surface area contributed by atoms with Gasteiger partial charge in [0.25, 0.3) is 0 Å². The highest BCUT2D eigenvalue weighted by Crippen LogP contribution is 2.30. The second-order valence-corrected chi connectivity index (χ2v) is 7.88. The largest absolute Gasteiger partial charge is 0.494 e. The first-order valence-corrected chi connectivity index (χ1v) is 10.6. The fraction of sp³-hybridized carbons (Fsp3) is 0.286. The van der Waals surface area contributed by atoms with E-state index in [1.54, 1.807) is 6.07 Å². The summed E-state index contributed by atoms with van der Waals surface area (Å²) < 4.78 is 19.8. The van der Waals surface area contributed by atoms with Crippen molar-refractivity contribution < 1.29 is 9.13 Å². The highest BCUT2D eigenvalue weighted by Gasteiger charge is 2.23. The SMILES string of the molecule is C#CC(C)(CCCc1ccc(F)c(Cc2ccccc2)c1)c1ccc(OCC)cc1. The summed E-state index contributed by atoms with van der Waals surface area (Å²) in [4.78, 5) is 0. The third-order valence-electron chi connectivity index (χ3n) is 5.61. The van der Waals surface area contributed by atoms with Crippen molar-refractivity contribution in [1.29, 1.82) is 0 Å². The Morgan fingerprint density at radius 3 is 2.37 bits per heavy atom. The van der Waals surface area contributed by atoms with E-state index in [2.05, 4.69) is 25.0 Å². The minimum absolute atomic E-state index is 0.148. The minimum atomic E-state index is -0.336. The lowest BCUT2D eigenvalue weighted by Gasteiger charge is -2.24. The van der Waals surface area contributed by atoms with E-state index in [0.717, 1.165) is 47.3 Å². The summed E-state index contributed by atoms with van der Waals surface area (Å²) in [5.74, 6) is 3.70. The number of benzene rings is 3. The lowest BCUT2D eigenvalue weighted by atomic mass is 9.78. The van der Waals surface area contributed by atoms with Crippen LogP contribution in [0.25, 0.3) is 0 Å². The van der Waals surface area contributed by atoms with Crippen molar-refractivity contribution in [2.45, 2.75) is 44.9 Å². The van der Waals surface area contributed by atoms with Crippen LogP contribution in [-0.2, 0) is 18.3 Å². The molecular formula is C28H29FO. The monoisotopic (exact) mass is 400 g/mol. The van der Waals surface area contributed by atoms with Crippen LogP contribution in [0.1, 0.15) is 48.9 Å². The molecule has 0 bridgehead atoms. The van der Waals surface area contributed by atoms with Gasteiger partial charge in [-0.25, -0.2) is 4.39 Å². The molecule has 0 aliphatic heterocycles. The Bertz CT molecular complexity index is 985. The Labute approximate surface area is 179 Å². The van der Waals surface area contributed by atoms with Gasteiger partial charge in [0.2, 0.25) is 0 Å². The van der Waals surface area contributed by atoms with Crippen molar-refractivity contribution >= 4 is 0 Å². The molecule has 0 radical (unpaired) electrons. The summed E-state index contributed by atoms with van der Waals surface area (Å²) in [5, 5.41) is 0. The molecule has 1 nitrogen and oxygen atoms in total. The molecule has 0 N–H and O–H groups in total. The van der Waals surface area contributed by atoms with Crippen LogP contribution in [0.2, 0.25) is 0 Å². The number of terminal acetylenes is 1. The predicted molar refractivity (Wildman–Crippen MR) is 122 cm³/mol. The lowest BCUT2D eigenvalue weighted by Crippen LogP contribution is -2.19. The highest BCUT2D eigenvalue weighted by molar-refractivity contribution is 5.37. The zero-order chi connectivity index (χ0) is 21.4. The summed E-state index contributed by atoms with van der Waals surface area (Å²) in [6.45, 7) is 4.73. The van der Waals surface area contributed by atoms with Crippen molar-refractivity contribution in [3.8, 4) is 18.1 Å². The Balaban J connectivity index is 1.64. The Hall–Kier alpha value is -3.05. The molecule has 30 heavy (non-hydrogen) atoms. The molecule has 0 fully saturated rings. The van der Waals surface area contributed by atoms with Crippen molar-refractivity contribution in [3.05, 3.63) is 101 Å². The van der Waals surface area contributed by atoms with Crippen molar-refractivity contribution in [3.63, 3.8) is 0 Å². The summed E-state index contributed by atoms with van der Waals surface area (Å²) in [5.41, 5.74) is 3.79. The summed E-state index contributed by atoms with van der Waals surface area (Å²) in [7, 11) is 0. The summed E-state index contributed by atoms with van der Waals surface area (Å²) in [6.07, 6.45) is 9.19. The van der Waals surface area contributed by atoms with Crippen LogP contribution in [-0.4, -0.2) is 6.61 Å². The zero-order valence-corrected chi connectivity index (χ0v) is 17.8. The van der Waals surface area contributed by atoms with Crippen LogP contribution < -0.4 is 4.74 Å². The van der Waals surface area contributed by atoms with Gasteiger partial charge in [-0.1, -0.05) is 60.5 Å². The van der Waals surface area contributed by atoms with E-state index in [1.165, 1.54) is 0 Å². The summed E-state index contributed by atoms with van der Waals surface area (Å²) >= 11 is 0. The number of hydrogen-bond acceptors (Lipinski definition) is 1. The van der Waals surface area contributed by atoms with E-state index in [-0.39, 0.29) is 11.2 Å². The molecule has 2 heteroatoms. The first-order chi connectivity index (χ1) is 14.5. The first-order valence-electron chi connectivity index (χ1n) is 10.6. The lowest BCUT2D eigenvalue weighted by molar-refractivity contribution is 0.340. The maximum Gasteiger partial charge on any atom is 0.126 e. The second kappa shape index (κ2) is 10.1. The van der Waals surface area contributed by atoms with Crippen LogP contribution in [0.15, 0.2) is 72.8 Å². The molecule has 1 unspecified atom stereocenters. The molecule has 3 aromatic carbocycles. The van der Waals surface area contributed by atoms with Gasteiger partial charge in [-0.15, -0.1) is 6.42 Å². The number of ether oxygens (including phenoxy) is 1. The number of hydrogen-bond donors (Lipinski definition) is 0. The molecule has 0 heterocycles. The number of rotatable bonds is 9. The molecule has 0 saturated heterocycles. The normalized spacial score (nSPS) is 12.7. The van der Waals surface area contributed by atoms with E-state index in [9.17, 15) is 4.39 Å². The topological polar surface area (TPSA) is 9.23 Å². The average Bonchev–Trinajstić information content (AvgIpc) is 2.77. The first kappa shape index (κ1) is 21.7. The van der Waals surface area contributed by atoms with E-state index in [1.807, 2.05) is 61.5 Å². The minimum Gasteiger partial charge on any atom is -0.494 e. The zero-order valence-electron chi connectivity index (χ0n) is 17.8. The van der Waals surface area contributed by atoms with Gasteiger partial charge in [-0.3, -0.25) is 0 Å². The van der Waals surface area contributed by atoms with Gasteiger partial charge in [0.1, 0.15) is 11.6 Å². The third kappa shape index (κ3) is 5.51. The van der Waals surface area contributed by atoms with Gasteiger partial charge in [-0.05, 0) is 73.6 Å². The maximum atomic E-state index is 14.3. The molecular weight excluding hydrogens is 371 g/mol. The van der Waals surface area contributed by atoms with E-state index in [0.29, 0.717) is 13.0 Å². The molecule has 0 saturated carbocycles. The molecule has 0 aliphatic carbocycles. The molecule has 154 valence electrons. The Morgan fingerprint density at radius 1 is 0.967 bits per heavy atom. The molecule has 3 aromatic rings.